The molecule has 1 aliphatic heterocycles. The van der Waals surface area contributed by atoms with Crippen molar-refractivity contribution >= 4 is 11.7 Å². The fraction of sp³-hybridized carbons (Fsp3) is 0.188. The SMILES string of the molecule is COC(=O)c1cccc(NCc2ccc3c(c2)OCO3)c1. The summed E-state index contributed by atoms with van der Waals surface area (Å²) < 4.78 is 15.3. The molecule has 0 amide bonds. The quantitative estimate of drug-likeness (QED) is 0.875. The summed E-state index contributed by atoms with van der Waals surface area (Å²) in [7, 11) is 1.37. The number of fused-ring (bicyclic) bond motifs is 1. The molecule has 0 saturated carbocycles. The fourth-order valence-corrected chi connectivity index (χ4v) is 2.13. The molecule has 0 spiro atoms. The lowest BCUT2D eigenvalue weighted by atomic mass is 10.1. The normalized spacial score (nSPS) is 12.0. The van der Waals surface area contributed by atoms with Crippen LogP contribution in [0.2, 0.25) is 0 Å². The highest BCUT2D eigenvalue weighted by Crippen LogP contribution is 2.32. The molecule has 5 nitrogen and oxygen atoms in total. The zero-order valence-corrected chi connectivity index (χ0v) is 11.6. The lowest BCUT2D eigenvalue weighted by Crippen LogP contribution is -2.03. The first-order chi connectivity index (χ1) is 10.3. The Balaban J connectivity index is 1.69. The van der Waals surface area contributed by atoms with Crippen molar-refractivity contribution in [3.63, 3.8) is 0 Å². The summed E-state index contributed by atoms with van der Waals surface area (Å²) in [5.74, 6) is 1.19. The number of anilines is 1. The molecule has 0 radical (unpaired) electrons. The van der Waals surface area contributed by atoms with Gasteiger partial charge < -0.3 is 19.5 Å². The van der Waals surface area contributed by atoms with E-state index in [0.717, 1.165) is 22.7 Å². The van der Waals surface area contributed by atoms with E-state index in [9.17, 15) is 4.79 Å². The molecule has 0 fully saturated rings. The van der Waals surface area contributed by atoms with Crippen LogP contribution in [0.15, 0.2) is 42.5 Å². The summed E-state index contributed by atoms with van der Waals surface area (Å²) in [5, 5.41) is 3.27. The van der Waals surface area contributed by atoms with Crippen molar-refractivity contribution in [1.82, 2.24) is 0 Å². The minimum Gasteiger partial charge on any atom is -0.465 e. The van der Waals surface area contributed by atoms with E-state index in [1.807, 2.05) is 30.3 Å². The van der Waals surface area contributed by atoms with Gasteiger partial charge in [0.05, 0.1) is 12.7 Å². The van der Waals surface area contributed by atoms with Gasteiger partial charge in [-0.1, -0.05) is 12.1 Å². The zero-order chi connectivity index (χ0) is 14.7. The average molecular weight is 285 g/mol. The van der Waals surface area contributed by atoms with Gasteiger partial charge in [-0.05, 0) is 35.9 Å². The van der Waals surface area contributed by atoms with Crippen LogP contribution >= 0.6 is 0 Å². The minimum absolute atomic E-state index is 0.271. The van der Waals surface area contributed by atoms with Crippen molar-refractivity contribution in [1.29, 1.82) is 0 Å². The van der Waals surface area contributed by atoms with Gasteiger partial charge in [-0.25, -0.2) is 4.79 Å². The van der Waals surface area contributed by atoms with E-state index in [1.165, 1.54) is 7.11 Å². The Kier molecular flexibility index (Phi) is 3.64. The molecule has 0 unspecified atom stereocenters. The van der Waals surface area contributed by atoms with E-state index in [1.54, 1.807) is 12.1 Å². The number of rotatable bonds is 4. The van der Waals surface area contributed by atoms with Gasteiger partial charge in [0.25, 0.3) is 0 Å². The average Bonchev–Trinajstić information content (AvgIpc) is 3.00. The zero-order valence-electron chi connectivity index (χ0n) is 11.6. The van der Waals surface area contributed by atoms with Gasteiger partial charge in [-0.2, -0.15) is 0 Å². The Labute approximate surface area is 122 Å². The van der Waals surface area contributed by atoms with E-state index in [4.69, 9.17) is 14.2 Å². The van der Waals surface area contributed by atoms with Crippen LogP contribution in [-0.4, -0.2) is 19.9 Å². The van der Waals surface area contributed by atoms with Crippen molar-refractivity contribution in [2.45, 2.75) is 6.54 Å². The van der Waals surface area contributed by atoms with Crippen molar-refractivity contribution in [2.75, 3.05) is 19.2 Å². The van der Waals surface area contributed by atoms with Crippen LogP contribution in [0.1, 0.15) is 15.9 Å². The molecule has 1 aliphatic rings. The van der Waals surface area contributed by atoms with Crippen molar-refractivity contribution in [2.24, 2.45) is 0 Å². The second kappa shape index (κ2) is 5.75. The number of nitrogens with one attached hydrogen (secondary N) is 1. The Morgan fingerprint density at radius 1 is 1.19 bits per heavy atom. The van der Waals surface area contributed by atoms with Gasteiger partial charge >= 0.3 is 5.97 Å². The number of carbonyl (C=O) groups excluding carboxylic acids is 1. The summed E-state index contributed by atoms with van der Waals surface area (Å²) in [6.07, 6.45) is 0. The van der Waals surface area contributed by atoms with E-state index < -0.39 is 0 Å². The molecule has 0 aliphatic carbocycles. The molecule has 5 heteroatoms. The highest BCUT2D eigenvalue weighted by molar-refractivity contribution is 5.90. The Morgan fingerprint density at radius 2 is 2.05 bits per heavy atom. The number of benzene rings is 2. The summed E-state index contributed by atoms with van der Waals surface area (Å²) in [6, 6.07) is 13.0. The molecule has 0 aromatic heterocycles. The molecule has 2 aromatic carbocycles. The maximum absolute atomic E-state index is 11.5. The first kappa shape index (κ1) is 13.3. The Morgan fingerprint density at radius 3 is 2.90 bits per heavy atom. The first-order valence-corrected chi connectivity index (χ1v) is 6.57. The molecule has 21 heavy (non-hydrogen) atoms. The molecule has 1 N–H and O–H groups in total. The second-order valence-electron chi connectivity index (χ2n) is 4.61. The van der Waals surface area contributed by atoms with Crippen LogP contribution in [-0.2, 0) is 11.3 Å². The Bertz CT molecular complexity index is 669. The molecular formula is C16H15NO4. The highest BCUT2D eigenvalue weighted by atomic mass is 16.7. The lowest BCUT2D eigenvalue weighted by Gasteiger charge is -2.08. The van der Waals surface area contributed by atoms with E-state index in [2.05, 4.69) is 5.32 Å². The largest absolute Gasteiger partial charge is 0.465 e. The number of methoxy groups -OCH3 is 1. The second-order valence-corrected chi connectivity index (χ2v) is 4.61. The first-order valence-electron chi connectivity index (χ1n) is 6.57. The molecule has 0 atom stereocenters. The fourth-order valence-electron chi connectivity index (χ4n) is 2.13. The van der Waals surface area contributed by atoms with E-state index >= 15 is 0 Å². The molecule has 2 aromatic rings. The number of hydrogen-bond acceptors (Lipinski definition) is 5. The van der Waals surface area contributed by atoms with Crippen molar-refractivity contribution < 1.29 is 19.0 Å². The van der Waals surface area contributed by atoms with Crippen molar-refractivity contribution in [3.05, 3.63) is 53.6 Å². The van der Waals surface area contributed by atoms with Gasteiger partial charge in [-0.3, -0.25) is 0 Å². The summed E-state index contributed by atoms with van der Waals surface area (Å²) in [4.78, 5) is 11.5. The van der Waals surface area contributed by atoms with Crippen LogP contribution in [0.4, 0.5) is 5.69 Å². The standard InChI is InChI=1S/C16H15NO4/c1-19-16(18)12-3-2-4-13(8-12)17-9-11-5-6-14-15(7-11)21-10-20-14/h2-8,17H,9-10H2,1H3. The maximum Gasteiger partial charge on any atom is 0.337 e. The molecule has 0 bridgehead atoms. The number of esters is 1. The van der Waals surface area contributed by atoms with Gasteiger partial charge in [0.2, 0.25) is 6.79 Å². The predicted octanol–water partition coefficient (Wildman–Crippen LogP) is 2.81. The molecule has 0 saturated heterocycles. The van der Waals surface area contributed by atoms with Crippen LogP contribution < -0.4 is 14.8 Å². The van der Waals surface area contributed by atoms with Gasteiger partial charge in [0, 0.05) is 12.2 Å². The predicted molar refractivity (Wildman–Crippen MR) is 77.7 cm³/mol. The molecule has 108 valence electrons. The molecule has 1 heterocycles. The minimum atomic E-state index is -0.346. The van der Waals surface area contributed by atoms with Gasteiger partial charge in [0.15, 0.2) is 11.5 Å². The third-order valence-electron chi connectivity index (χ3n) is 3.22. The third-order valence-corrected chi connectivity index (χ3v) is 3.22. The van der Waals surface area contributed by atoms with Crippen LogP contribution in [0.5, 0.6) is 11.5 Å². The van der Waals surface area contributed by atoms with Crippen LogP contribution in [0, 0.1) is 0 Å². The monoisotopic (exact) mass is 285 g/mol. The smallest absolute Gasteiger partial charge is 0.337 e. The lowest BCUT2D eigenvalue weighted by molar-refractivity contribution is 0.0601. The molecular weight excluding hydrogens is 270 g/mol. The maximum atomic E-state index is 11.5. The van der Waals surface area contributed by atoms with E-state index in [-0.39, 0.29) is 12.8 Å². The third kappa shape index (κ3) is 2.91. The number of hydrogen-bond donors (Lipinski definition) is 1. The number of carbonyl (C=O) groups is 1. The van der Waals surface area contributed by atoms with Gasteiger partial charge in [0.1, 0.15) is 0 Å². The summed E-state index contributed by atoms with van der Waals surface area (Å²) in [6.45, 7) is 0.897. The van der Waals surface area contributed by atoms with Crippen LogP contribution in [0.25, 0.3) is 0 Å². The number of ether oxygens (including phenoxy) is 3. The highest BCUT2D eigenvalue weighted by Gasteiger charge is 2.13. The summed E-state index contributed by atoms with van der Waals surface area (Å²) >= 11 is 0. The topological polar surface area (TPSA) is 56.8 Å². The van der Waals surface area contributed by atoms with E-state index in [0.29, 0.717) is 12.1 Å². The Hall–Kier alpha value is -2.69. The molecule has 3 rings (SSSR count). The van der Waals surface area contributed by atoms with Crippen molar-refractivity contribution in [3.8, 4) is 11.5 Å². The van der Waals surface area contributed by atoms with Crippen LogP contribution in [0.3, 0.4) is 0 Å². The summed E-state index contributed by atoms with van der Waals surface area (Å²) in [5.41, 5.74) is 2.45. The van der Waals surface area contributed by atoms with Gasteiger partial charge in [-0.15, -0.1) is 0 Å².